The van der Waals surface area contributed by atoms with Crippen LogP contribution in [0, 0.1) is 6.92 Å². The lowest BCUT2D eigenvalue weighted by Crippen LogP contribution is -2.42. The van der Waals surface area contributed by atoms with E-state index >= 15 is 0 Å². The molecule has 0 bridgehead atoms. The fourth-order valence-corrected chi connectivity index (χ4v) is 3.46. The van der Waals surface area contributed by atoms with Gasteiger partial charge in [-0.1, -0.05) is 24.3 Å². The molecule has 0 aliphatic carbocycles. The topological polar surface area (TPSA) is 146 Å². The van der Waals surface area contributed by atoms with Gasteiger partial charge in [0.2, 0.25) is 11.8 Å². The van der Waals surface area contributed by atoms with Gasteiger partial charge in [0.1, 0.15) is 5.75 Å². The first kappa shape index (κ1) is 29.1. The van der Waals surface area contributed by atoms with Crippen molar-refractivity contribution in [3.05, 3.63) is 53.6 Å². The van der Waals surface area contributed by atoms with Crippen molar-refractivity contribution in [1.82, 2.24) is 10.2 Å². The molecule has 4 N–H and O–H groups in total. The van der Waals surface area contributed by atoms with Crippen LogP contribution >= 0.6 is 0 Å². The number of carboxylic acid groups (broad SMARTS) is 1. The minimum absolute atomic E-state index is 0.0157. The van der Waals surface area contributed by atoms with Gasteiger partial charge < -0.3 is 35.4 Å². The molecule has 11 heteroatoms. The number of rotatable bonds is 14. The molecule has 200 valence electrons. The van der Waals surface area contributed by atoms with E-state index in [1.165, 1.54) is 12.0 Å². The van der Waals surface area contributed by atoms with E-state index in [4.69, 9.17) is 14.6 Å². The van der Waals surface area contributed by atoms with Gasteiger partial charge in [-0.3, -0.25) is 14.4 Å². The van der Waals surface area contributed by atoms with Crippen LogP contribution in [0.4, 0.5) is 16.2 Å². The molecule has 0 saturated carbocycles. The number of hydrogen-bond acceptors (Lipinski definition) is 6. The largest absolute Gasteiger partial charge is 0.495 e. The number of carbonyl (C=O) groups excluding carboxylic acids is 3. The lowest BCUT2D eigenvalue weighted by atomic mass is 10.1. The number of nitrogens with zero attached hydrogens (tertiary/aromatic N) is 1. The Bertz CT molecular complexity index is 1090. The van der Waals surface area contributed by atoms with E-state index in [2.05, 4.69) is 16.0 Å². The van der Waals surface area contributed by atoms with Crippen molar-refractivity contribution in [3.8, 4) is 5.75 Å². The second-order valence-corrected chi connectivity index (χ2v) is 8.25. The van der Waals surface area contributed by atoms with E-state index in [-0.39, 0.29) is 37.7 Å². The predicted octanol–water partition coefficient (Wildman–Crippen LogP) is 2.65. The van der Waals surface area contributed by atoms with E-state index in [9.17, 15) is 19.2 Å². The van der Waals surface area contributed by atoms with Crippen LogP contribution in [0.25, 0.3) is 0 Å². The molecule has 0 radical (unpaired) electrons. The number of methoxy groups -OCH3 is 2. The standard InChI is InChI=1S/C26H34N4O7/c1-18-7-4-5-8-20(18)28-26(35)29-21-10-9-19(15-22(21)37-3)16-23(31)27-17-24(32)30(12-6-14-36-2)13-11-25(33)34/h4-5,7-10,15H,6,11-14,16-17H2,1-3H3,(H,27,31)(H,33,34)(H2,28,29,35). The van der Waals surface area contributed by atoms with E-state index in [1.54, 1.807) is 31.4 Å². The maximum Gasteiger partial charge on any atom is 0.323 e. The van der Waals surface area contributed by atoms with Gasteiger partial charge in [-0.15, -0.1) is 0 Å². The lowest BCUT2D eigenvalue weighted by molar-refractivity contribution is -0.139. The number of nitrogens with one attached hydrogen (secondary N) is 3. The smallest absolute Gasteiger partial charge is 0.323 e. The first-order chi connectivity index (χ1) is 17.7. The van der Waals surface area contributed by atoms with Crippen molar-refractivity contribution in [2.75, 3.05) is 51.1 Å². The predicted molar refractivity (Wildman–Crippen MR) is 139 cm³/mol. The molecule has 0 aromatic heterocycles. The molecule has 0 spiro atoms. The highest BCUT2D eigenvalue weighted by Crippen LogP contribution is 2.26. The molecule has 0 fully saturated rings. The maximum atomic E-state index is 12.5. The molecular formula is C26H34N4O7. The van der Waals surface area contributed by atoms with Crippen LogP contribution in [0.2, 0.25) is 0 Å². The number of anilines is 2. The summed E-state index contributed by atoms with van der Waals surface area (Å²) in [5.74, 6) is -1.39. The highest BCUT2D eigenvalue weighted by atomic mass is 16.5. The number of para-hydroxylation sites is 1. The van der Waals surface area contributed by atoms with Crippen LogP contribution in [0.3, 0.4) is 0 Å². The molecule has 0 aliphatic rings. The number of amides is 4. The molecule has 2 aromatic carbocycles. The zero-order chi connectivity index (χ0) is 27.2. The number of carbonyl (C=O) groups is 4. The van der Waals surface area contributed by atoms with Crippen molar-refractivity contribution in [2.45, 2.75) is 26.2 Å². The summed E-state index contributed by atoms with van der Waals surface area (Å²) >= 11 is 0. The van der Waals surface area contributed by atoms with Gasteiger partial charge in [0.25, 0.3) is 0 Å². The van der Waals surface area contributed by atoms with Crippen LogP contribution in [0.5, 0.6) is 5.75 Å². The van der Waals surface area contributed by atoms with Crippen LogP contribution < -0.4 is 20.7 Å². The van der Waals surface area contributed by atoms with Crippen molar-refractivity contribution in [3.63, 3.8) is 0 Å². The summed E-state index contributed by atoms with van der Waals surface area (Å²) in [5, 5.41) is 17.0. The monoisotopic (exact) mass is 514 g/mol. The van der Waals surface area contributed by atoms with Crippen molar-refractivity contribution in [1.29, 1.82) is 0 Å². The van der Waals surface area contributed by atoms with Gasteiger partial charge in [-0.2, -0.15) is 0 Å². The Hall–Kier alpha value is -4.12. The Morgan fingerprint density at radius 3 is 2.38 bits per heavy atom. The number of aliphatic carboxylic acids is 1. The number of ether oxygens (including phenoxy) is 2. The Labute approximate surface area is 216 Å². The molecule has 11 nitrogen and oxygen atoms in total. The summed E-state index contributed by atoms with van der Waals surface area (Å²) in [6.07, 6.45) is 0.354. The van der Waals surface area contributed by atoms with Crippen LogP contribution in [0.15, 0.2) is 42.5 Å². The molecule has 0 unspecified atom stereocenters. The van der Waals surface area contributed by atoms with E-state index in [1.807, 2.05) is 25.1 Å². The Kier molecular flexibility index (Phi) is 11.9. The Balaban J connectivity index is 1.92. The van der Waals surface area contributed by atoms with Gasteiger partial charge in [0.05, 0.1) is 32.2 Å². The summed E-state index contributed by atoms with van der Waals surface area (Å²) in [6.45, 7) is 2.46. The Morgan fingerprint density at radius 1 is 0.973 bits per heavy atom. The first-order valence-electron chi connectivity index (χ1n) is 11.8. The minimum atomic E-state index is -1.01. The lowest BCUT2D eigenvalue weighted by Gasteiger charge is -2.22. The summed E-state index contributed by atoms with van der Waals surface area (Å²) in [6, 6.07) is 11.9. The highest BCUT2D eigenvalue weighted by molar-refractivity contribution is 6.01. The minimum Gasteiger partial charge on any atom is -0.495 e. The summed E-state index contributed by atoms with van der Waals surface area (Å²) < 4.78 is 10.4. The van der Waals surface area contributed by atoms with Crippen molar-refractivity contribution in [2.24, 2.45) is 0 Å². The summed E-state index contributed by atoms with van der Waals surface area (Å²) in [4.78, 5) is 49.7. The van der Waals surface area contributed by atoms with Crippen molar-refractivity contribution < 1.29 is 33.8 Å². The van der Waals surface area contributed by atoms with E-state index < -0.39 is 12.0 Å². The van der Waals surface area contributed by atoms with Crippen LogP contribution in [-0.4, -0.2) is 74.3 Å². The first-order valence-corrected chi connectivity index (χ1v) is 11.8. The third-order valence-corrected chi connectivity index (χ3v) is 5.43. The summed E-state index contributed by atoms with van der Waals surface area (Å²) in [5.41, 5.74) is 2.65. The molecule has 0 heterocycles. The van der Waals surface area contributed by atoms with Crippen molar-refractivity contribution >= 4 is 35.2 Å². The number of carboxylic acids is 1. The Morgan fingerprint density at radius 2 is 1.70 bits per heavy atom. The second-order valence-electron chi connectivity index (χ2n) is 8.25. The molecule has 0 atom stereocenters. The SMILES string of the molecule is COCCCN(CCC(=O)O)C(=O)CNC(=O)Cc1ccc(NC(=O)Nc2ccccc2C)c(OC)c1. The van der Waals surface area contributed by atoms with E-state index in [0.29, 0.717) is 42.3 Å². The second kappa shape index (κ2) is 15.1. The van der Waals surface area contributed by atoms with Crippen LogP contribution in [-0.2, 0) is 25.5 Å². The molecule has 2 rings (SSSR count). The molecular weight excluding hydrogens is 480 g/mol. The van der Waals surface area contributed by atoms with Gasteiger partial charge in [-0.05, 0) is 42.7 Å². The van der Waals surface area contributed by atoms with Gasteiger partial charge in [0, 0.05) is 32.5 Å². The van der Waals surface area contributed by atoms with Gasteiger partial charge >= 0.3 is 12.0 Å². The average Bonchev–Trinajstić information content (AvgIpc) is 2.86. The molecule has 4 amide bonds. The number of urea groups is 1. The third kappa shape index (κ3) is 10.2. The fraction of sp³-hybridized carbons (Fsp3) is 0.385. The molecule has 37 heavy (non-hydrogen) atoms. The average molecular weight is 515 g/mol. The van der Waals surface area contributed by atoms with Crippen LogP contribution in [0.1, 0.15) is 24.0 Å². The zero-order valence-electron chi connectivity index (χ0n) is 21.3. The molecule has 0 aliphatic heterocycles. The van der Waals surface area contributed by atoms with Gasteiger partial charge in [-0.25, -0.2) is 4.79 Å². The highest BCUT2D eigenvalue weighted by Gasteiger charge is 2.16. The quantitative estimate of drug-likeness (QED) is 0.284. The van der Waals surface area contributed by atoms with E-state index in [0.717, 1.165) is 5.56 Å². The summed E-state index contributed by atoms with van der Waals surface area (Å²) in [7, 11) is 3.00. The third-order valence-electron chi connectivity index (χ3n) is 5.43. The number of benzene rings is 2. The normalized spacial score (nSPS) is 10.4. The fourth-order valence-electron chi connectivity index (χ4n) is 3.46. The molecule has 0 saturated heterocycles. The number of aryl methyl sites for hydroxylation is 1. The number of hydrogen-bond donors (Lipinski definition) is 4. The maximum absolute atomic E-state index is 12.5. The van der Waals surface area contributed by atoms with Gasteiger partial charge in [0.15, 0.2) is 0 Å². The molecule has 2 aromatic rings. The zero-order valence-corrected chi connectivity index (χ0v) is 21.3.